The van der Waals surface area contributed by atoms with Crippen molar-refractivity contribution in [1.82, 2.24) is 0 Å². The largest absolute Gasteiger partial charge is 0.384 e. The molecule has 0 saturated heterocycles. The summed E-state index contributed by atoms with van der Waals surface area (Å²) in [5.74, 6) is -0.102. The molecule has 2 aliphatic rings. The first-order valence-corrected chi connectivity index (χ1v) is 12.0. The van der Waals surface area contributed by atoms with Crippen molar-refractivity contribution < 1.29 is 9.59 Å². The molecule has 2 aliphatic heterocycles. The standard InChI is InChI=1S/C26H23N5O2S/c27-12-10-24-25(32)31(16-17-4-2-1-3-5-17)22-15-20(8-9-23(22)34-24)30-26(33)29-19-7-6-18-11-13-28-21(18)14-19/h1-9,14-15,24,28H,10-11,13,16H2,(H2,29,30,33). The topological polar surface area (TPSA) is 97.3 Å². The van der Waals surface area contributed by atoms with Gasteiger partial charge in [0.1, 0.15) is 5.25 Å². The van der Waals surface area contributed by atoms with Crippen molar-refractivity contribution in [1.29, 1.82) is 5.26 Å². The van der Waals surface area contributed by atoms with Crippen LogP contribution in [0.4, 0.5) is 27.5 Å². The molecule has 3 aromatic carbocycles. The third-order valence-corrected chi connectivity index (χ3v) is 7.11. The molecule has 0 aliphatic carbocycles. The Morgan fingerprint density at radius 3 is 2.65 bits per heavy atom. The maximum atomic E-state index is 13.2. The van der Waals surface area contributed by atoms with Crippen LogP contribution in [-0.4, -0.2) is 23.7 Å². The third-order valence-electron chi connectivity index (χ3n) is 5.86. The molecule has 2 heterocycles. The summed E-state index contributed by atoms with van der Waals surface area (Å²) >= 11 is 1.40. The van der Waals surface area contributed by atoms with Gasteiger partial charge in [0, 0.05) is 28.5 Å². The minimum atomic E-state index is -0.447. The third kappa shape index (κ3) is 4.56. The number of anilines is 4. The summed E-state index contributed by atoms with van der Waals surface area (Å²) in [4.78, 5) is 28.5. The summed E-state index contributed by atoms with van der Waals surface area (Å²) in [6.07, 6.45) is 1.13. The van der Waals surface area contributed by atoms with Gasteiger partial charge in [0.05, 0.1) is 24.7 Å². The lowest BCUT2D eigenvalue weighted by Gasteiger charge is -2.33. The maximum absolute atomic E-state index is 13.2. The lowest BCUT2D eigenvalue weighted by molar-refractivity contribution is -0.118. The second-order valence-electron chi connectivity index (χ2n) is 8.19. The summed E-state index contributed by atoms with van der Waals surface area (Å²) in [7, 11) is 0. The molecular formula is C26H23N5O2S. The van der Waals surface area contributed by atoms with Crippen LogP contribution in [0.5, 0.6) is 0 Å². The first-order chi connectivity index (χ1) is 16.6. The molecule has 3 amide bonds. The molecular weight excluding hydrogens is 446 g/mol. The Balaban J connectivity index is 1.36. The first-order valence-electron chi connectivity index (χ1n) is 11.1. The van der Waals surface area contributed by atoms with E-state index >= 15 is 0 Å². The quantitative estimate of drug-likeness (QED) is 0.476. The number of hydrogen-bond acceptors (Lipinski definition) is 5. The molecule has 1 atom stereocenters. The molecule has 3 N–H and O–H groups in total. The molecule has 170 valence electrons. The minimum Gasteiger partial charge on any atom is -0.384 e. The summed E-state index contributed by atoms with van der Waals surface area (Å²) in [6, 6.07) is 22.9. The molecule has 0 saturated carbocycles. The molecule has 0 bridgehead atoms. The molecule has 34 heavy (non-hydrogen) atoms. The van der Waals surface area contributed by atoms with Crippen molar-refractivity contribution in [3.05, 3.63) is 77.9 Å². The average Bonchev–Trinajstić information content (AvgIpc) is 3.31. The number of nitrogens with zero attached hydrogens (tertiary/aromatic N) is 2. The minimum absolute atomic E-state index is 0.102. The highest BCUT2D eigenvalue weighted by molar-refractivity contribution is 8.01. The summed E-state index contributed by atoms with van der Waals surface area (Å²) in [5, 5.41) is 17.8. The molecule has 8 heteroatoms. The fourth-order valence-electron chi connectivity index (χ4n) is 4.20. The van der Waals surface area contributed by atoms with E-state index in [1.807, 2.05) is 66.7 Å². The molecule has 0 spiro atoms. The number of thioether (sulfide) groups is 1. The van der Waals surface area contributed by atoms with Crippen LogP contribution in [0.25, 0.3) is 0 Å². The lowest BCUT2D eigenvalue weighted by Crippen LogP contribution is -2.40. The molecule has 0 fully saturated rings. The molecule has 1 unspecified atom stereocenters. The first kappa shape index (κ1) is 21.9. The van der Waals surface area contributed by atoms with Crippen LogP contribution in [0.1, 0.15) is 17.5 Å². The van der Waals surface area contributed by atoms with Crippen LogP contribution in [0.2, 0.25) is 0 Å². The van der Waals surface area contributed by atoms with E-state index in [1.54, 1.807) is 4.90 Å². The highest BCUT2D eigenvalue weighted by atomic mass is 32.2. The number of amides is 3. The van der Waals surface area contributed by atoms with Crippen LogP contribution in [0.15, 0.2) is 71.6 Å². The molecule has 3 aromatic rings. The van der Waals surface area contributed by atoms with E-state index in [1.165, 1.54) is 17.3 Å². The van der Waals surface area contributed by atoms with E-state index < -0.39 is 5.25 Å². The van der Waals surface area contributed by atoms with E-state index in [0.717, 1.165) is 34.8 Å². The van der Waals surface area contributed by atoms with Crippen molar-refractivity contribution in [2.75, 3.05) is 27.4 Å². The normalized spacial score (nSPS) is 16.1. The molecule has 7 nitrogen and oxygen atoms in total. The van der Waals surface area contributed by atoms with Gasteiger partial charge in [0.25, 0.3) is 0 Å². The monoisotopic (exact) mass is 469 g/mol. The number of nitriles is 1. The molecule has 5 rings (SSSR count). The van der Waals surface area contributed by atoms with E-state index in [0.29, 0.717) is 17.9 Å². The Morgan fingerprint density at radius 2 is 1.85 bits per heavy atom. The molecule has 0 aromatic heterocycles. The zero-order chi connectivity index (χ0) is 23.5. The Morgan fingerprint density at radius 1 is 1.09 bits per heavy atom. The Labute approximate surface area is 202 Å². The number of carbonyl (C=O) groups is 2. The number of nitrogens with one attached hydrogen (secondary N) is 3. The van der Waals surface area contributed by atoms with Gasteiger partial charge in [-0.05, 0) is 47.9 Å². The van der Waals surface area contributed by atoms with Crippen molar-refractivity contribution in [2.45, 2.75) is 29.5 Å². The predicted octanol–water partition coefficient (Wildman–Crippen LogP) is 5.22. The van der Waals surface area contributed by atoms with E-state index in [-0.39, 0.29) is 18.4 Å². The van der Waals surface area contributed by atoms with Gasteiger partial charge in [-0.3, -0.25) is 4.79 Å². The van der Waals surface area contributed by atoms with E-state index in [4.69, 9.17) is 0 Å². The fraction of sp³-hybridized carbons (Fsp3) is 0.192. The lowest BCUT2D eigenvalue weighted by atomic mass is 10.1. The smallest absolute Gasteiger partial charge is 0.323 e. The fourth-order valence-corrected chi connectivity index (χ4v) is 5.33. The number of rotatable bonds is 5. The Kier molecular flexibility index (Phi) is 6.11. The maximum Gasteiger partial charge on any atom is 0.323 e. The van der Waals surface area contributed by atoms with Crippen LogP contribution in [0, 0.1) is 11.3 Å². The van der Waals surface area contributed by atoms with Gasteiger partial charge in [-0.25, -0.2) is 4.79 Å². The zero-order valence-corrected chi connectivity index (χ0v) is 19.2. The molecule has 0 radical (unpaired) electrons. The second kappa shape index (κ2) is 9.49. The number of fused-ring (bicyclic) bond motifs is 2. The number of benzene rings is 3. The van der Waals surface area contributed by atoms with Crippen LogP contribution in [0.3, 0.4) is 0 Å². The Hall–Kier alpha value is -3.96. The summed E-state index contributed by atoms with van der Waals surface area (Å²) < 4.78 is 0. The van der Waals surface area contributed by atoms with Gasteiger partial charge in [-0.2, -0.15) is 5.26 Å². The van der Waals surface area contributed by atoms with E-state index in [2.05, 4.69) is 22.0 Å². The van der Waals surface area contributed by atoms with Crippen molar-refractivity contribution in [2.24, 2.45) is 0 Å². The van der Waals surface area contributed by atoms with Crippen LogP contribution in [-0.2, 0) is 17.8 Å². The van der Waals surface area contributed by atoms with Gasteiger partial charge >= 0.3 is 6.03 Å². The predicted molar refractivity (Wildman–Crippen MR) is 135 cm³/mol. The van der Waals surface area contributed by atoms with Crippen molar-refractivity contribution >= 4 is 46.4 Å². The van der Waals surface area contributed by atoms with Gasteiger partial charge in [-0.15, -0.1) is 11.8 Å². The van der Waals surface area contributed by atoms with Crippen molar-refractivity contribution in [3.8, 4) is 6.07 Å². The van der Waals surface area contributed by atoms with Gasteiger partial charge in [0.15, 0.2) is 0 Å². The van der Waals surface area contributed by atoms with Crippen molar-refractivity contribution in [3.63, 3.8) is 0 Å². The SMILES string of the molecule is N#CCC1Sc2ccc(NC(=O)Nc3ccc4c(c3)NCC4)cc2N(Cc2ccccc2)C1=O. The highest BCUT2D eigenvalue weighted by Crippen LogP contribution is 2.42. The summed E-state index contributed by atoms with van der Waals surface area (Å²) in [5.41, 5.74) is 5.31. The van der Waals surface area contributed by atoms with Gasteiger partial charge in [0.2, 0.25) is 5.91 Å². The average molecular weight is 470 g/mol. The van der Waals surface area contributed by atoms with Crippen LogP contribution >= 0.6 is 11.8 Å². The summed E-state index contributed by atoms with van der Waals surface area (Å²) in [6.45, 7) is 1.30. The number of carbonyl (C=O) groups excluding carboxylic acids is 2. The Bertz CT molecular complexity index is 1290. The van der Waals surface area contributed by atoms with Crippen LogP contribution < -0.4 is 20.9 Å². The van der Waals surface area contributed by atoms with Gasteiger partial charge < -0.3 is 20.9 Å². The number of hydrogen-bond donors (Lipinski definition) is 3. The van der Waals surface area contributed by atoms with E-state index in [9.17, 15) is 14.9 Å². The second-order valence-corrected chi connectivity index (χ2v) is 9.43. The van der Waals surface area contributed by atoms with Gasteiger partial charge in [-0.1, -0.05) is 36.4 Å². The zero-order valence-electron chi connectivity index (χ0n) is 18.4. The number of urea groups is 1. The highest BCUT2D eigenvalue weighted by Gasteiger charge is 2.33.